The highest BCUT2D eigenvalue weighted by molar-refractivity contribution is 7.19. The maximum absolute atomic E-state index is 9.68. The van der Waals surface area contributed by atoms with Gasteiger partial charge in [0.05, 0.1) is 57.2 Å². The molecule has 1 aliphatic rings. The van der Waals surface area contributed by atoms with E-state index in [9.17, 15) is 10.5 Å². The van der Waals surface area contributed by atoms with Gasteiger partial charge in [0.2, 0.25) is 11.9 Å². The average molecular weight is 619 g/mol. The lowest BCUT2D eigenvalue weighted by molar-refractivity contribution is 0.122. The van der Waals surface area contributed by atoms with Crippen LogP contribution in [-0.2, 0) is 4.74 Å². The molecule has 1 aliphatic heterocycles. The van der Waals surface area contributed by atoms with Crippen LogP contribution in [0.4, 0.5) is 11.9 Å². The lowest BCUT2D eigenvalue weighted by Gasteiger charge is -2.27. The Kier molecular flexibility index (Phi) is 8.89. The summed E-state index contributed by atoms with van der Waals surface area (Å²) >= 11 is 3.06. The van der Waals surface area contributed by atoms with Gasteiger partial charge in [0.15, 0.2) is 0 Å². The topological polar surface area (TPSA) is 149 Å². The van der Waals surface area contributed by atoms with E-state index in [4.69, 9.17) is 4.74 Å². The molecule has 0 saturated carbocycles. The zero-order chi connectivity index (χ0) is 30.3. The maximum Gasteiger partial charge on any atom is 0.225 e. The van der Waals surface area contributed by atoms with Crippen LogP contribution in [-0.4, -0.2) is 63.3 Å². The fraction of sp³-hybridized carbons (Fsp3) is 0.226. The predicted molar refractivity (Wildman–Crippen MR) is 171 cm³/mol. The van der Waals surface area contributed by atoms with E-state index in [1.54, 1.807) is 31.6 Å². The number of anilines is 2. The van der Waals surface area contributed by atoms with Crippen LogP contribution in [0.5, 0.6) is 0 Å². The summed E-state index contributed by atoms with van der Waals surface area (Å²) in [6.07, 6.45) is 3.36. The summed E-state index contributed by atoms with van der Waals surface area (Å²) in [7, 11) is 1.75. The third kappa shape index (κ3) is 6.31. The summed E-state index contributed by atoms with van der Waals surface area (Å²) in [5.74, 6) is 0.203. The van der Waals surface area contributed by atoms with E-state index in [0.29, 0.717) is 36.5 Å². The molecule has 1 fully saturated rings. The number of ether oxygens (including phenoxy) is 1. The molecule has 0 spiro atoms. The molecule has 0 radical (unpaired) electrons. The minimum absolute atomic E-state index is 0.470. The Hall–Kier alpha value is -5.08. The molecule has 0 amide bonds. The van der Waals surface area contributed by atoms with Crippen molar-refractivity contribution in [2.45, 2.75) is 11.8 Å². The standard InChI is InChI=1S/C17H15N5OS.C14H11N5S/c18-11-12(16-20-14-3-1-2-4-15(14)24-16)13-5-6-19-17(21-13)22-7-9-23-10-8-22;1-16-14-17-7-6-10(19-14)9(8-15)13-18-11-4-2-3-5-12(11)20-13/h1-6,12H,7-10H2;2-7,9H,1H3,(H,16,17,19). The normalized spacial score (nSPS) is 14.2. The number of thiazole rings is 2. The molecular formula is C31H26N10OS2. The van der Waals surface area contributed by atoms with Crippen molar-refractivity contribution in [3.8, 4) is 12.1 Å². The fourth-order valence-corrected chi connectivity index (χ4v) is 6.67. The van der Waals surface area contributed by atoms with Crippen LogP contribution in [0.3, 0.4) is 0 Å². The Bertz CT molecular complexity index is 1910. The number of hydrogen-bond acceptors (Lipinski definition) is 13. The highest BCUT2D eigenvalue weighted by Gasteiger charge is 2.22. The van der Waals surface area contributed by atoms with Crippen LogP contribution >= 0.6 is 22.7 Å². The number of benzene rings is 2. The number of nitriles is 2. The van der Waals surface area contributed by atoms with E-state index in [1.165, 1.54) is 22.7 Å². The van der Waals surface area contributed by atoms with E-state index in [0.717, 1.165) is 43.5 Å². The molecule has 11 nitrogen and oxygen atoms in total. The fourth-order valence-electron chi connectivity index (χ4n) is 4.62. The summed E-state index contributed by atoms with van der Waals surface area (Å²) in [5, 5.41) is 23.5. The molecule has 2 atom stereocenters. The third-order valence-electron chi connectivity index (χ3n) is 6.82. The summed E-state index contributed by atoms with van der Waals surface area (Å²) in [6.45, 7) is 2.88. The van der Waals surface area contributed by atoms with Crippen molar-refractivity contribution in [3.05, 3.63) is 94.5 Å². The Morgan fingerprint density at radius 1 is 0.750 bits per heavy atom. The van der Waals surface area contributed by atoms with Gasteiger partial charge in [-0.05, 0) is 36.4 Å². The van der Waals surface area contributed by atoms with Crippen molar-refractivity contribution in [2.24, 2.45) is 0 Å². The van der Waals surface area contributed by atoms with Gasteiger partial charge in [0.1, 0.15) is 21.9 Å². The van der Waals surface area contributed by atoms with Gasteiger partial charge < -0.3 is 15.0 Å². The number of rotatable bonds is 6. The molecule has 13 heteroatoms. The van der Waals surface area contributed by atoms with Gasteiger partial charge in [0.25, 0.3) is 0 Å². The molecule has 44 heavy (non-hydrogen) atoms. The smallest absolute Gasteiger partial charge is 0.225 e. The zero-order valence-electron chi connectivity index (χ0n) is 23.7. The minimum Gasteiger partial charge on any atom is -0.378 e. The van der Waals surface area contributed by atoms with Gasteiger partial charge in [-0.1, -0.05) is 24.3 Å². The number of nitrogens with zero attached hydrogens (tertiary/aromatic N) is 9. The molecule has 1 N–H and O–H groups in total. The van der Waals surface area contributed by atoms with Crippen molar-refractivity contribution in [1.82, 2.24) is 29.9 Å². The molecule has 1 saturated heterocycles. The van der Waals surface area contributed by atoms with Crippen LogP contribution in [0.1, 0.15) is 33.2 Å². The summed E-state index contributed by atoms with van der Waals surface area (Å²) in [5.41, 5.74) is 3.18. The lowest BCUT2D eigenvalue weighted by atomic mass is 10.1. The predicted octanol–water partition coefficient (Wildman–Crippen LogP) is 5.36. The first-order chi connectivity index (χ1) is 21.7. The van der Waals surface area contributed by atoms with Crippen LogP contribution < -0.4 is 10.2 Å². The largest absolute Gasteiger partial charge is 0.378 e. The molecule has 6 aromatic rings. The maximum atomic E-state index is 9.68. The first kappa shape index (κ1) is 29.0. The summed E-state index contributed by atoms with van der Waals surface area (Å²) < 4.78 is 7.52. The van der Waals surface area contributed by atoms with E-state index in [1.807, 2.05) is 48.5 Å². The molecule has 5 heterocycles. The van der Waals surface area contributed by atoms with Crippen LogP contribution in [0.2, 0.25) is 0 Å². The van der Waals surface area contributed by atoms with Crippen molar-refractivity contribution in [1.29, 1.82) is 10.5 Å². The summed E-state index contributed by atoms with van der Waals surface area (Å²) in [6, 6.07) is 23.9. The van der Waals surface area contributed by atoms with Gasteiger partial charge in [0, 0.05) is 32.5 Å². The van der Waals surface area contributed by atoms with Gasteiger partial charge in [-0.25, -0.2) is 29.9 Å². The van der Waals surface area contributed by atoms with Crippen molar-refractivity contribution in [2.75, 3.05) is 43.6 Å². The van der Waals surface area contributed by atoms with Gasteiger partial charge >= 0.3 is 0 Å². The molecule has 0 aliphatic carbocycles. The van der Waals surface area contributed by atoms with Crippen LogP contribution in [0.25, 0.3) is 20.4 Å². The average Bonchev–Trinajstić information content (AvgIpc) is 3.71. The number of morpholine rings is 1. The monoisotopic (exact) mass is 618 g/mol. The highest BCUT2D eigenvalue weighted by atomic mass is 32.1. The molecular weight excluding hydrogens is 593 g/mol. The Labute approximate surface area is 261 Å². The van der Waals surface area contributed by atoms with Crippen molar-refractivity contribution in [3.63, 3.8) is 0 Å². The first-order valence-electron chi connectivity index (χ1n) is 13.8. The minimum atomic E-state index is -0.481. The highest BCUT2D eigenvalue weighted by Crippen LogP contribution is 2.32. The van der Waals surface area contributed by atoms with Crippen LogP contribution in [0, 0.1) is 22.7 Å². The molecule has 4 aromatic heterocycles. The third-order valence-corrected chi connectivity index (χ3v) is 9.03. The molecule has 7 rings (SSSR count). The quantitative estimate of drug-likeness (QED) is 0.257. The van der Waals surface area contributed by atoms with Gasteiger partial charge in [-0.15, -0.1) is 22.7 Å². The van der Waals surface area contributed by atoms with Crippen molar-refractivity contribution >= 4 is 55.0 Å². The molecule has 2 aromatic carbocycles. The number of nitrogens with one attached hydrogen (secondary N) is 1. The Morgan fingerprint density at radius 3 is 1.84 bits per heavy atom. The van der Waals surface area contributed by atoms with E-state index >= 15 is 0 Å². The second kappa shape index (κ2) is 13.5. The van der Waals surface area contributed by atoms with E-state index in [2.05, 4.69) is 52.3 Å². The first-order valence-corrected chi connectivity index (χ1v) is 15.5. The second-order valence-corrected chi connectivity index (χ2v) is 11.7. The second-order valence-electron chi connectivity index (χ2n) is 9.60. The Balaban J connectivity index is 0.000000159. The Morgan fingerprint density at radius 2 is 1.30 bits per heavy atom. The molecule has 2 unspecified atom stereocenters. The lowest BCUT2D eigenvalue weighted by Crippen LogP contribution is -2.37. The van der Waals surface area contributed by atoms with Gasteiger partial charge in [-0.3, -0.25) is 0 Å². The number of para-hydroxylation sites is 2. The summed E-state index contributed by atoms with van der Waals surface area (Å²) in [4.78, 5) is 28.6. The SMILES string of the molecule is CNc1nccc(C(C#N)c2nc3ccccc3s2)n1.N#CC(c1ccnc(N2CCOCC2)n1)c1nc2ccccc2s1. The van der Waals surface area contributed by atoms with Crippen molar-refractivity contribution < 1.29 is 4.74 Å². The molecule has 218 valence electrons. The van der Waals surface area contributed by atoms with Gasteiger partial charge in [-0.2, -0.15) is 10.5 Å². The van der Waals surface area contributed by atoms with Crippen LogP contribution in [0.15, 0.2) is 73.1 Å². The number of aromatic nitrogens is 6. The zero-order valence-corrected chi connectivity index (χ0v) is 25.3. The molecule has 0 bridgehead atoms. The van der Waals surface area contributed by atoms with E-state index < -0.39 is 11.8 Å². The number of hydrogen-bond donors (Lipinski definition) is 1. The number of fused-ring (bicyclic) bond motifs is 2. The van der Waals surface area contributed by atoms with E-state index in [-0.39, 0.29) is 0 Å².